The van der Waals surface area contributed by atoms with Crippen molar-refractivity contribution in [2.75, 3.05) is 38.2 Å². The average molecular weight is 387 g/mol. The lowest BCUT2D eigenvalue weighted by molar-refractivity contribution is 0.181. The number of benzene rings is 1. The van der Waals surface area contributed by atoms with Crippen LogP contribution in [0.2, 0.25) is 0 Å². The van der Waals surface area contributed by atoms with Crippen molar-refractivity contribution in [3.05, 3.63) is 46.9 Å². The van der Waals surface area contributed by atoms with Gasteiger partial charge in [0, 0.05) is 63.1 Å². The van der Waals surface area contributed by atoms with Crippen molar-refractivity contribution in [1.82, 2.24) is 20.4 Å². The molecule has 0 spiro atoms. The fourth-order valence-corrected chi connectivity index (χ4v) is 3.52. The Kier molecular flexibility index (Phi) is 5.47. The molecule has 2 fully saturated rings. The molecule has 2 aromatic rings. The Hall–Kier alpha value is -2.61. The Morgan fingerprint density at radius 2 is 2.07 bits per heavy atom. The molecular weight excluding hydrogens is 361 g/mol. The SMILES string of the molecule is COCc1cc(CNC(=O)N2CCN(c3cc(C4CC4)[nH]n3)CC2)ccc1F. The van der Waals surface area contributed by atoms with Gasteiger partial charge in [0.2, 0.25) is 0 Å². The van der Waals surface area contributed by atoms with Gasteiger partial charge < -0.3 is 19.9 Å². The topological polar surface area (TPSA) is 73.5 Å². The Labute approximate surface area is 163 Å². The summed E-state index contributed by atoms with van der Waals surface area (Å²) < 4.78 is 18.7. The first-order chi connectivity index (χ1) is 13.6. The zero-order chi connectivity index (χ0) is 19.5. The highest BCUT2D eigenvalue weighted by atomic mass is 19.1. The van der Waals surface area contributed by atoms with Crippen molar-refractivity contribution in [3.63, 3.8) is 0 Å². The molecule has 8 heteroatoms. The van der Waals surface area contributed by atoms with E-state index < -0.39 is 0 Å². The van der Waals surface area contributed by atoms with Crippen molar-refractivity contribution >= 4 is 11.8 Å². The Morgan fingerprint density at radius 1 is 1.29 bits per heavy atom. The second kappa shape index (κ2) is 8.18. The van der Waals surface area contributed by atoms with Gasteiger partial charge in [-0.3, -0.25) is 5.10 Å². The number of halogens is 1. The lowest BCUT2D eigenvalue weighted by Crippen LogP contribution is -2.51. The van der Waals surface area contributed by atoms with Crippen LogP contribution in [0, 0.1) is 5.82 Å². The Bertz CT molecular complexity index is 828. The number of piperazine rings is 1. The molecule has 0 bridgehead atoms. The minimum absolute atomic E-state index is 0.0991. The smallest absolute Gasteiger partial charge is 0.317 e. The predicted octanol–water partition coefficient (Wildman–Crippen LogP) is 2.60. The van der Waals surface area contributed by atoms with Crippen LogP contribution < -0.4 is 10.2 Å². The molecule has 1 saturated carbocycles. The van der Waals surface area contributed by atoms with Crippen LogP contribution in [0.3, 0.4) is 0 Å². The van der Waals surface area contributed by atoms with Crippen LogP contribution in [0.1, 0.15) is 35.6 Å². The van der Waals surface area contributed by atoms with Gasteiger partial charge >= 0.3 is 6.03 Å². The molecule has 28 heavy (non-hydrogen) atoms. The van der Waals surface area contributed by atoms with E-state index in [1.54, 1.807) is 12.1 Å². The molecule has 0 radical (unpaired) electrons. The van der Waals surface area contributed by atoms with E-state index >= 15 is 0 Å². The van der Waals surface area contributed by atoms with Crippen molar-refractivity contribution in [1.29, 1.82) is 0 Å². The molecule has 2 heterocycles. The van der Waals surface area contributed by atoms with E-state index in [0.717, 1.165) is 24.5 Å². The van der Waals surface area contributed by atoms with E-state index in [0.29, 0.717) is 31.1 Å². The molecule has 2 amide bonds. The normalized spacial score (nSPS) is 17.1. The number of ether oxygens (including phenoxy) is 1. The van der Waals surface area contributed by atoms with E-state index in [1.807, 2.05) is 4.90 Å². The number of hydrogen-bond acceptors (Lipinski definition) is 4. The van der Waals surface area contributed by atoms with Crippen molar-refractivity contribution < 1.29 is 13.9 Å². The molecule has 4 rings (SSSR count). The second-order valence-corrected chi connectivity index (χ2v) is 7.45. The van der Waals surface area contributed by atoms with Crippen LogP contribution in [0.4, 0.5) is 15.0 Å². The molecule has 1 aliphatic carbocycles. The maximum absolute atomic E-state index is 13.7. The molecule has 150 valence electrons. The van der Waals surface area contributed by atoms with Gasteiger partial charge in [-0.1, -0.05) is 6.07 Å². The highest BCUT2D eigenvalue weighted by molar-refractivity contribution is 5.74. The second-order valence-electron chi connectivity index (χ2n) is 7.45. The molecule has 1 saturated heterocycles. The first kappa shape index (κ1) is 18.7. The number of aromatic amines is 1. The maximum atomic E-state index is 13.7. The number of H-pyrrole nitrogens is 1. The molecule has 0 unspecified atom stereocenters. The van der Waals surface area contributed by atoms with Crippen LogP contribution in [-0.2, 0) is 17.9 Å². The number of urea groups is 1. The number of carbonyl (C=O) groups excluding carboxylic acids is 1. The zero-order valence-electron chi connectivity index (χ0n) is 16.1. The van der Waals surface area contributed by atoms with Gasteiger partial charge in [0.25, 0.3) is 0 Å². The predicted molar refractivity (Wildman–Crippen MR) is 104 cm³/mol. The summed E-state index contributed by atoms with van der Waals surface area (Å²) in [6.45, 7) is 3.39. The monoisotopic (exact) mass is 387 g/mol. The van der Waals surface area contributed by atoms with Crippen LogP contribution in [0.5, 0.6) is 0 Å². The zero-order valence-corrected chi connectivity index (χ0v) is 16.1. The first-order valence-electron chi connectivity index (χ1n) is 9.73. The third-order valence-corrected chi connectivity index (χ3v) is 5.35. The molecule has 2 aliphatic rings. The lowest BCUT2D eigenvalue weighted by atomic mass is 10.1. The number of nitrogens with zero attached hydrogens (tertiary/aromatic N) is 3. The lowest BCUT2D eigenvalue weighted by Gasteiger charge is -2.34. The maximum Gasteiger partial charge on any atom is 0.317 e. The third kappa shape index (κ3) is 4.27. The first-order valence-corrected chi connectivity index (χ1v) is 9.73. The summed E-state index contributed by atoms with van der Waals surface area (Å²) in [5.74, 6) is 1.33. The number of nitrogens with one attached hydrogen (secondary N) is 2. The van der Waals surface area contributed by atoms with Gasteiger partial charge in [0.1, 0.15) is 5.82 Å². The van der Waals surface area contributed by atoms with Crippen LogP contribution >= 0.6 is 0 Å². The Balaban J connectivity index is 1.26. The summed E-state index contributed by atoms with van der Waals surface area (Å²) in [6.07, 6.45) is 2.49. The van der Waals surface area contributed by atoms with Crippen LogP contribution in [0.25, 0.3) is 0 Å². The van der Waals surface area contributed by atoms with Gasteiger partial charge in [-0.25, -0.2) is 9.18 Å². The average Bonchev–Trinajstić information content (AvgIpc) is 3.45. The summed E-state index contributed by atoms with van der Waals surface area (Å²) in [4.78, 5) is 16.5. The standard InChI is InChI=1S/C20H26FN5O2/c1-28-13-16-10-14(2-5-17(16)21)12-22-20(27)26-8-6-25(7-9-26)19-11-18(23-24-19)15-3-4-15/h2,5,10-11,15H,3-4,6-9,12-13H2,1H3,(H,22,27)(H,23,24). The summed E-state index contributed by atoms with van der Waals surface area (Å²) in [5.41, 5.74) is 2.57. The molecule has 1 aliphatic heterocycles. The quantitative estimate of drug-likeness (QED) is 0.799. The van der Waals surface area contributed by atoms with Gasteiger partial charge in [-0.05, 0) is 30.5 Å². The number of aromatic nitrogens is 2. The molecule has 1 aromatic heterocycles. The summed E-state index contributed by atoms with van der Waals surface area (Å²) >= 11 is 0. The van der Waals surface area contributed by atoms with Crippen LogP contribution in [-0.4, -0.2) is 54.4 Å². The van der Waals surface area contributed by atoms with Gasteiger partial charge in [-0.2, -0.15) is 5.10 Å². The van der Waals surface area contributed by atoms with Gasteiger partial charge in [-0.15, -0.1) is 0 Å². The van der Waals surface area contributed by atoms with E-state index in [9.17, 15) is 9.18 Å². The van der Waals surface area contributed by atoms with E-state index in [2.05, 4.69) is 26.5 Å². The number of methoxy groups -OCH3 is 1. The molecule has 1 aromatic carbocycles. The van der Waals surface area contributed by atoms with Crippen molar-refractivity contribution in [2.24, 2.45) is 0 Å². The van der Waals surface area contributed by atoms with Crippen LogP contribution in [0.15, 0.2) is 24.3 Å². The number of anilines is 1. The largest absolute Gasteiger partial charge is 0.380 e. The van der Waals surface area contributed by atoms with E-state index in [4.69, 9.17) is 4.74 Å². The van der Waals surface area contributed by atoms with E-state index in [1.165, 1.54) is 31.7 Å². The summed E-state index contributed by atoms with van der Waals surface area (Å²) in [5, 5.41) is 10.5. The minimum atomic E-state index is -0.295. The summed E-state index contributed by atoms with van der Waals surface area (Å²) in [7, 11) is 1.53. The van der Waals surface area contributed by atoms with Gasteiger partial charge in [0.15, 0.2) is 5.82 Å². The highest BCUT2D eigenvalue weighted by Gasteiger charge is 2.27. The Morgan fingerprint density at radius 3 is 2.79 bits per heavy atom. The molecule has 0 atom stereocenters. The van der Waals surface area contributed by atoms with Gasteiger partial charge in [0.05, 0.1) is 6.61 Å². The minimum Gasteiger partial charge on any atom is -0.380 e. The molecule has 7 nitrogen and oxygen atoms in total. The highest BCUT2D eigenvalue weighted by Crippen LogP contribution is 2.39. The number of hydrogen-bond donors (Lipinski definition) is 2. The van der Waals surface area contributed by atoms with E-state index in [-0.39, 0.29) is 18.5 Å². The number of carbonyl (C=O) groups is 1. The van der Waals surface area contributed by atoms with Crippen molar-refractivity contribution in [3.8, 4) is 0 Å². The molecular formula is C20H26FN5O2. The van der Waals surface area contributed by atoms with Crippen molar-refractivity contribution in [2.45, 2.75) is 31.9 Å². The third-order valence-electron chi connectivity index (χ3n) is 5.35. The number of amides is 2. The number of rotatable bonds is 6. The fourth-order valence-electron chi connectivity index (χ4n) is 3.52. The summed E-state index contributed by atoms with van der Waals surface area (Å²) in [6, 6.07) is 6.86. The molecule has 2 N–H and O–H groups in total. The fraction of sp³-hybridized carbons (Fsp3) is 0.500.